The third kappa shape index (κ3) is 30.1. The van der Waals surface area contributed by atoms with Gasteiger partial charge in [-0.25, -0.2) is 9.59 Å². The normalized spacial score (nSPS) is 9.12. The van der Waals surface area contributed by atoms with Crippen molar-refractivity contribution in [3.63, 3.8) is 0 Å². The zero-order valence-electron chi connectivity index (χ0n) is 15.9. The first-order valence-corrected chi connectivity index (χ1v) is 7.82. The van der Waals surface area contributed by atoms with Crippen LogP contribution in [0.5, 0.6) is 0 Å². The van der Waals surface area contributed by atoms with Crippen molar-refractivity contribution < 1.29 is 43.9 Å². The molecule has 0 aliphatic heterocycles. The molecular formula is C17H32O9. The summed E-state index contributed by atoms with van der Waals surface area (Å²) in [7, 11) is 1.33. The molecule has 154 valence electrons. The highest BCUT2D eigenvalue weighted by molar-refractivity contribution is 5.86. The number of methoxy groups -OCH3 is 1. The maximum Gasteiger partial charge on any atom is 0.332 e. The van der Waals surface area contributed by atoms with Gasteiger partial charge in [-0.05, 0) is 13.8 Å². The van der Waals surface area contributed by atoms with E-state index in [2.05, 4.69) is 17.9 Å². The van der Waals surface area contributed by atoms with E-state index in [9.17, 15) is 9.59 Å². The van der Waals surface area contributed by atoms with Crippen LogP contribution in [0.1, 0.15) is 13.8 Å². The predicted octanol–water partition coefficient (Wildman–Crippen LogP) is 0.403. The Balaban J connectivity index is -0.000000342. The number of rotatable bonds is 12. The fourth-order valence-corrected chi connectivity index (χ4v) is 0.845. The van der Waals surface area contributed by atoms with Gasteiger partial charge in [-0.15, -0.1) is 0 Å². The topological polar surface area (TPSA) is 132 Å². The van der Waals surface area contributed by atoms with Gasteiger partial charge in [0.15, 0.2) is 0 Å². The van der Waals surface area contributed by atoms with Crippen molar-refractivity contribution in [3.8, 4) is 0 Å². The van der Waals surface area contributed by atoms with Gasteiger partial charge in [0.25, 0.3) is 0 Å². The Morgan fingerprint density at radius 2 is 1.08 bits per heavy atom. The summed E-state index contributed by atoms with van der Waals surface area (Å²) in [4.78, 5) is 19.8. The van der Waals surface area contributed by atoms with E-state index >= 15 is 0 Å². The molecule has 0 bridgehead atoms. The van der Waals surface area contributed by atoms with Gasteiger partial charge in [0.2, 0.25) is 0 Å². The quantitative estimate of drug-likeness (QED) is 0.250. The van der Waals surface area contributed by atoms with Gasteiger partial charge in [-0.2, -0.15) is 0 Å². The molecule has 0 aromatic rings. The number of carboxylic acids is 1. The molecule has 0 spiro atoms. The van der Waals surface area contributed by atoms with Crippen LogP contribution in [0.25, 0.3) is 0 Å². The molecule has 0 heterocycles. The van der Waals surface area contributed by atoms with Crippen molar-refractivity contribution in [2.45, 2.75) is 13.8 Å². The predicted molar refractivity (Wildman–Crippen MR) is 95.9 cm³/mol. The molecule has 0 radical (unpaired) electrons. The van der Waals surface area contributed by atoms with Gasteiger partial charge in [0.05, 0.1) is 60.0 Å². The van der Waals surface area contributed by atoms with E-state index in [0.717, 1.165) is 0 Å². The number of carbonyl (C=O) groups is 2. The van der Waals surface area contributed by atoms with E-state index in [-0.39, 0.29) is 24.8 Å². The van der Waals surface area contributed by atoms with Gasteiger partial charge in [0.1, 0.15) is 0 Å². The number of hydrogen-bond donors (Lipinski definition) is 3. The smallest absolute Gasteiger partial charge is 0.332 e. The number of carboxylic acid groups (broad SMARTS) is 1. The minimum Gasteiger partial charge on any atom is -0.478 e. The van der Waals surface area contributed by atoms with Crippen LogP contribution in [0.3, 0.4) is 0 Å². The summed E-state index contributed by atoms with van der Waals surface area (Å²) in [6, 6.07) is 0. The first-order chi connectivity index (χ1) is 12.2. The molecule has 0 saturated carbocycles. The van der Waals surface area contributed by atoms with Crippen molar-refractivity contribution in [2.75, 3.05) is 60.0 Å². The Kier molecular flexibility index (Phi) is 25.9. The van der Waals surface area contributed by atoms with E-state index in [0.29, 0.717) is 45.2 Å². The van der Waals surface area contributed by atoms with Crippen molar-refractivity contribution in [1.82, 2.24) is 0 Å². The average molecular weight is 380 g/mol. The molecule has 0 atom stereocenters. The Bertz CT molecular complexity index is 358. The first kappa shape index (κ1) is 29.0. The molecule has 0 rings (SSSR count). The van der Waals surface area contributed by atoms with Crippen LogP contribution in [0.2, 0.25) is 0 Å². The van der Waals surface area contributed by atoms with Crippen LogP contribution < -0.4 is 0 Å². The number of aliphatic carboxylic acids is 1. The maximum atomic E-state index is 10.2. The van der Waals surface area contributed by atoms with Crippen molar-refractivity contribution in [2.24, 2.45) is 0 Å². The lowest BCUT2D eigenvalue weighted by Gasteiger charge is -2.04. The Morgan fingerprint density at radius 3 is 1.23 bits per heavy atom. The average Bonchev–Trinajstić information content (AvgIpc) is 2.60. The molecule has 0 fully saturated rings. The minimum absolute atomic E-state index is 0.0413. The summed E-state index contributed by atoms with van der Waals surface area (Å²) in [5.41, 5.74) is 0.609. The lowest BCUT2D eigenvalue weighted by Crippen LogP contribution is -2.11. The molecule has 3 N–H and O–H groups in total. The summed E-state index contributed by atoms with van der Waals surface area (Å²) >= 11 is 0. The third-order valence-corrected chi connectivity index (χ3v) is 2.11. The molecule has 0 aromatic heterocycles. The third-order valence-electron chi connectivity index (χ3n) is 2.11. The number of aliphatic hydroxyl groups is 2. The molecule has 0 saturated heterocycles. The largest absolute Gasteiger partial charge is 0.478 e. The van der Waals surface area contributed by atoms with Crippen LogP contribution in [0.4, 0.5) is 0 Å². The second-order valence-corrected chi connectivity index (χ2v) is 4.64. The Morgan fingerprint density at radius 1 is 0.769 bits per heavy atom. The molecular weight excluding hydrogens is 348 g/mol. The first-order valence-electron chi connectivity index (χ1n) is 7.82. The lowest BCUT2D eigenvalue weighted by atomic mass is 10.4. The molecule has 0 unspecified atom stereocenters. The molecule has 0 aliphatic carbocycles. The van der Waals surface area contributed by atoms with Gasteiger partial charge in [0, 0.05) is 11.1 Å². The number of aliphatic hydroxyl groups excluding tert-OH is 2. The standard InChI is InChI=1S/C8H18O5.C5H8O2.C4H6O2/c9-1-3-11-5-7-13-8-6-12-4-2-10;1-4(2)5(6)7-3;1-3(2)4(5)6/h9-10H,1-8H2;1H2,2-3H3;1H2,2H3,(H,5,6). The maximum absolute atomic E-state index is 10.2. The minimum atomic E-state index is -0.935. The Labute approximate surface area is 154 Å². The number of hydrogen-bond acceptors (Lipinski definition) is 8. The highest BCUT2D eigenvalue weighted by Gasteiger charge is 1.95. The van der Waals surface area contributed by atoms with Crippen molar-refractivity contribution in [3.05, 3.63) is 24.3 Å². The van der Waals surface area contributed by atoms with Crippen LogP contribution >= 0.6 is 0 Å². The zero-order valence-corrected chi connectivity index (χ0v) is 15.9. The number of carbonyl (C=O) groups excluding carboxylic acids is 1. The summed E-state index contributed by atoms with van der Waals surface area (Å²) in [5.74, 6) is -1.28. The molecule has 0 aromatic carbocycles. The van der Waals surface area contributed by atoms with E-state index < -0.39 is 5.97 Å². The van der Waals surface area contributed by atoms with E-state index in [1.165, 1.54) is 14.0 Å². The fourth-order valence-electron chi connectivity index (χ4n) is 0.845. The van der Waals surface area contributed by atoms with Crippen LogP contribution in [0, 0.1) is 0 Å². The van der Waals surface area contributed by atoms with Crippen molar-refractivity contribution in [1.29, 1.82) is 0 Å². The van der Waals surface area contributed by atoms with Gasteiger partial charge < -0.3 is 34.3 Å². The Hall–Kier alpha value is -1.78. The second kappa shape index (κ2) is 23.2. The van der Waals surface area contributed by atoms with Crippen LogP contribution in [0.15, 0.2) is 24.3 Å². The number of esters is 1. The zero-order chi connectivity index (χ0) is 20.8. The van der Waals surface area contributed by atoms with Crippen molar-refractivity contribution >= 4 is 11.9 Å². The monoisotopic (exact) mass is 380 g/mol. The van der Waals surface area contributed by atoms with Crippen LogP contribution in [-0.4, -0.2) is 87.2 Å². The molecule has 9 nitrogen and oxygen atoms in total. The summed E-state index contributed by atoms with van der Waals surface area (Å²) in [6.45, 7) is 12.3. The lowest BCUT2D eigenvalue weighted by molar-refractivity contribution is -0.136. The molecule has 0 aliphatic rings. The summed E-state index contributed by atoms with van der Waals surface area (Å²) in [5, 5.41) is 24.6. The highest BCUT2D eigenvalue weighted by atomic mass is 16.5. The van der Waals surface area contributed by atoms with E-state index in [4.69, 9.17) is 29.5 Å². The number of ether oxygens (including phenoxy) is 4. The SMILES string of the molecule is C=C(C)C(=O)O.C=C(C)C(=O)OC.OCCOCCOCCOCCO. The second-order valence-electron chi connectivity index (χ2n) is 4.64. The van der Waals surface area contributed by atoms with Gasteiger partial charge in [-0.3, -0.25) is 0 Å². The molecule has 0 amide bonds. The van der Waals surface area contributed by atoms with Gasteiger partial charge in [-0.1, -0.05) is 13.2 Å². The highest BCUT2D eigenvalue weighted by Crippen LogP contribution is 1.87. The summed E-state index contributed by atoms with van der Waals surface area (Å²) < 4.78 is 19.3. The van der Waals surface area contributed by atoms with E-state index in [1.807, 2.05) is 0 Å². The molecule has 9 heteroatoms. The van der Waals surface area contributed by atoms with Gasteiger partial charge >= 0.3 is 11.9 Å². The molecule has 26 heavy (non-hydrogen) atoms. The summed E-state index contributed by atoms with van der Waals surface area (Å²) in [6.07, 6.45) is 0. The fraction of sp³-hybridized carbons (Fsp3) is 0.647. The van der Waals surface area contributed by atoms with Crippen LogP contribution in [-0.2, 0) is 28.5 Å². The van der Waals surface area contributed by atoms with E-state index in [1.54, 1.807) is 6.92 Å².